The summed E-state index contributed by atoms with van der Waals surface area (Å²) >= 11 is 1.49. The van der Waals surface area contributed by atoms with Gasteiger partial charge >= 0.3 is 12.0 Å². The Bertz CT molecular complexity index is 1350. The van der Waals surface area contributed by atoms with Crippen LogP contribution in [0.25, 0.3) is 27.3 Å². The van der Waals surface area contributed by atoms with Gasteiger partial charge in [0.15, 0.2) is 12.3 Å². The van der Waals surface area contributed by atoms with Gasteiger partial charge in [-0.3, -0.25) is 10.1 Å². The molecule has 3 aromatic heterocycles. The fraction of sp³-hybridized carbons (Fsp3) is 0.208. The van der Waals surface area contributed by atoms with Crippen LogP contribution in [0.3, 0.4) is 0 Å². The van der Waals surface area contributed by atoms with Crippen LogP contribution in [-0.4, -0.2) is 45.3 Å². The second kappa shape index (κ2) is 9.84. The van der Waals surface area contributed by atoms with Gasteiger partial charge in [0.25, 0.3) is 5.91 Å². The van der Waals surface area contributed by atoms with E-state index < -0.39 is 24.5 Å². The van der Waals surface area contributed by atoms with E-state index in [4.69, 9.17) is 9.72 Å². The monoisotopic (exact) mass is 477 g/mol. The molecule has 0 saturated heterocycles. The van der Waals surface area contributed by atoms with Crippen LogP contribution in [0.5, 0.6) is 0 Å². The number of thiophene rings is 1. The van der Waals surface area contributed by atoms with Crippen LogP contribution in [0.15, 0.2) is 53.9 Å². The number of aryl methyl sites for hydroxylation is 1. The van der Waals surface area contributed by atoms with Crippen molar-refractivity contribution in [3.8, 4) is 16.3 Å². The van der Waals surface area contributed by atoms with Crippen LogP contribution in [0, 0.1) is 6.92 Å². The van der Waals surface area contributed by atoms with Crippen LogP contribution in [0.1, 0.15) is 29.9 Å². The number of rotatable bonds is 6. The number of urea groups is 1. The van der Waals surface area contributed by atoms with Gasteiger partial charge in [-0.05, 0) is 50.4 Å². The zero-order valence-electron chi connectivity index (χ0n) is 18.9. The average Bonchev–Trinajstić information content (AvgIpc) is 3.45. The van der Waals surface area contributed by atoms with Crippen molar-refractivity contribution in [2.75, 3.05) is 6.61 Å². The minimum Gasteiger partial charge on any atom is -0.452 e. The van der Waals surface area contributed by atoms with Crippen LogP contribution in [-0.2, 0) is 9.53 Å². The molecule has 0 saturated carbocycles. The number of fused-ring (bicyclic) bond motifs is 1. The Kier molecular flexibility index (Phi) is 6.69. The van der Waals surface area contributed by atoms with Gasteiger partial charge in [-0.25, -0.2) is 19.3 Å². The lowest BCUT2D eigenvalue weighted by Gasteiger charge is -2.10. The van der Waals surface area contributed by atoms with Crippen molar-refractivity contribution in [2.45, 2.75) is 26.8 Å². The van der Waals surface area contributed by atoms with Crippen LogP contribution in [0.4, 0.5) is 4.79 Å². The van der Waals surface area contributed by atoms with E-state index in [-0.39, 0.29) is 11.6 Å². The molecule has 0 atom stereocenters. The highest BCUT2D eigenvalue weighted by Crippen LogP contribution is 2.31. The van der Waals surface area contributed by atoms with Crippen molar-refractivity contribution in [1.29, 1.82) is 0 Å². The van der Waals surface area contributed by atoms with Gasteiger partial charge in [0.05, 0.1) is 32.9 Å². The highest BCUT2D eigenvalue weighted by Gasteiger charge is 2.23. The lowest BCUT2D eigenvalue weighted by molar-refractivity contribution is -0.123. The van der Waals surface area contributed by atoms with Gasteiger partial charge in [-0.15, -0.1) is 11.3 Å². The highest BCUT2D eigenvalue weighted by molar-refractivity contribution is 7.13. The number of hydrogen-bond acceptors (Lipinski definition) is 7. The molecule has 0 fully saturated rings. The molecule has 0 radical (unpaired) electrons. The van der Waals surface area contributed by atoms with E-state index in [1.54, 1.807) is 31.5 Å². The van der Waals surface area contributed by atoms with Gasteiger partial charge in [0.1, 0.15) is 0 Å². The molecule has 4 rings (SSSR count). The van der Waals surface area contributed by atoms with Gasteiger partial charge in [0, 0.05) is 6.04 Å². The Morgan fingerprint density at radius 2 is 1.88 bits per heavy atom. The second-order valence-corrected chi connectivity index (χ2v) is 8.76. The Hall–Kier alpha value is -4.05. The summed E-state index contributed by atoms with van der Waals surface area (Å²) in [5.74, 6) is -1.44. The molecule has 1 aromatic carbocycles. The number of nitrogens with zero attached hydrogens (tertiary/aromatic N) is 3. The lowest BCUT2D eigenvalue weighted by Crippen LogP contribution is -2.44. The molecule has 9 nitrogen and oxygen atoms in total. The number of carbonyl (C=O) groups is 3. The van der Waals surface area contributed by atoms with Crippen molar-refractivity contribution in [2.24, 2.45) is 0 Å². The molecular weight excluding hydrogens is 454 g/mol. The van der Waals surface area contributed by atoms with E-state index in [1.165, 1.54) is 11.3 Å². The lowest BCUT2D eigenvalue weighted by atomic mass is 10.1. The molecule has 4 aromatic rings. The summed E-state index contributed by atoms with van der Waals surface area (Å²) in [6.07, 6.45) is 0. The maximum Gasteiger partial charge on any atom is 0.339 e. The van der Waals surface area contributed by atoms with Crippen molar-refractivity contribution in [3.05, 3.63) is 65.2 Å². The third kappa shape index (κ3) is 4.96. The van der Waals surface area contributed by atoms with E-state index in [1.807, 2.05) is 47.8 Å². The number of pyridine rings is 1. The molecular formula is C24H23N5O4S. The molecule has 174 valence electrons. The predicted molar refractivity (Wildman–Crippen MR) is 129 cm³/mol. The van der Waals surface area contributed by atoms with Gasteiger partial charge in [0.2, 0.25) is 0 Å². The molecule has 0 unspecified atom stereocenters. The molecule has 10 heteroatoms. The smallest absolute Gasteiger partial charge is 0.339 e. The largest absolute Gasteiger partial charge is 0.452 e. The maximum absolute atomic E-state index is 13.1. The fourth-order valence-corrected chi connectivity index (χ4v) is 4.11. The van der Waals surface area contributed by atoms with Crippen LogP contribution < -0.4 is 10.6 Å². The van der Waals surface area contributed by atoms with Gasteiger partial charge in [-0.2, -0.15) is 5.10 Å². The molecule has 3 heterocycles. The van der Waals surface area contributed by atoms with Crippen molar-refractivity contribution < 1.29 is 19.1 Å². The molecule has 0 aliphatic rings. The summed E-state index contributed by atoms with van der Waals surface area (Å²) in [6.45, 7) is 4.71. The van der Waals surface area contributed by atoms with E-state index in [2.05, 4.69) is 15.7 Å². The number of ether oxygens (including phenoxy) is 1. The summed E-state index contributed by atoms with van der Waals surface area (Å²) in [7, 11) is 0. The van der Waals surface area contributed by atoms with Crippen LogP contribution in [0.2, 0.25) is 0 Å². The molecule has 0 bridgehead atoms. The Morgan fingerprint density at radius 3 is 2.56 bits per heavy atom. The predicted octanol–water partition coefficient (Wildman–Crippen LogP) is 3.85. The normalized spacial score (nSPS) is 10.9. The highest BCUT2D eigenvalue weighted by atomic mass is 32.1. The van der Waals surface area contributed by atoms with E-state index >= 15 is 0 Å². The molecule has 2 N–H and O–H groups in total. The Balaban J connectivity index is 1.69. The number of esters is 1. The zero-order chi connectivity index (χ0) is 24.2. The van der Waals surface area contributed by atoms with E-state index in [0.717, 1.165) is 10.6 Å². The topological polar surface area (TPSA) is 115 Å². The first-order valence-corrected chi connectivity index (χ1v) is 11.5. The van der Waals surface area contributed by atoms with Crippen molar-refractivity contribution in [3.63, 3.8) is 0 Å². The first-order chi connectivity index (χ1) is 16.3. The number of imide groups is 1. The van der Waals surface area contributed by atoms with Crippen molar-refractivity contribution in [1.82, 2.24) is 25.4 Å². The number of aromatic nitrogens is 3. The third-order valence-electron chi connectivity index (χ3n) is 4.81. The summed E-state index contributed by atoms with van der Waals surface area (Å²) in [5, 5.41) is 11.7. The summed E-state index contributed by atoms with van der Waals surface area (Å²) < 4.78 is 6.94. The minimum absolute atomic E-state index is 0.139. The maximum atomic E-state index is 13.1. The first kappa shape index (κ1) is 23.1. The third-order valence-corrected chi connectivity index (χ3v) is 5.71. The minimum atomic E-state index is -0.730. The summed E-state index contributed by atoms with van der Waals surface area (Å²) in [6, 6.07) is 14.1. The number of para-hydroxylation sites is 1. The number of benzene rings is 1. The second-order valence-electron chi connectivity index (χ2n) is 7.82. The molecule has 3 amide bonds. The zero-order valence-corrected chi connectivity index (χ0v) is 19.7. The molecule has 0 aliphatic heterocycles. The average molecular weight is 478 g/mol. The number of amides is 3. The van der Waals surface area contributed by atoms with Gasteiger partial charge < -0.3 is 10.1 Å². The summed E-state index contributed by atoms with van der Waals surface area (Å²) in [4.78, 5) is 42.5. The van der Waals surface area contributed by atoms with E-state index in [0.29, 0.717) is 22.4 Å². The standard InChI is InChI=1S/C24H23N5O4S/c1-14(2)25-24(32)27-20(30)13-33-23(31)17-12-18(19-10-7-11-34-19)26-22-21(17)15(3)28-29(22)16-8-5-4-6-9-16/h4-12,14H,13H2,1-3H3,(H2,25,27,30,32). The molecule has 0 spiro atoms. The number of nitrogens with one attached hydrogen (secondary N) is 2. The van der Waals surface area contributed by atoms with Crippen molar-refractivity contribution >= 4 is 40.3 Å². The first-order valence-electron chi connectivity index (χ1n) is 10.6. The fourth-order valence-electron chi connectivity index (χ4n) is 3.42. The summed E-state index contributed by atoms with van der Waals surface area (Å²) in [5.41, 5.74) is 2.73. The Labute approximate surface area is 199 Å². The number of hydrogen-bond donors (Lipinski definition) is 2. The van der Waals surface area contributed by atoms with Crippen LogP contribution >= 0.6 is 11.3 Å². The Morgan fingerprint density at radius 1 is 1.12 bits per heavy atom. The number of carbonyl (C=O) groups excluding carboxylic acids is 3. The van der Waals surface area contributed by atoms with Gasteiger partial charge in [-0.1, -0.05) is 24.3 Å². The molecule has 34 heavy (non-hydrogen) atoms. The quantitative estimate of drug-likeness (QED) is 0.408. The molecule has 0 aliphatic carbocycles. The van der Waals surface area contributed by atoms with E-state index in [9.17, 15) is 14.4 Å². The SMILES string of the molecule is Cc1nn(-c2ccccc2)c2nc(-c3cccs3)cc(C(=O)OCC(=O)NC(=O)NC(C)C)c12.